The molecule has 0 unspecified atom stereocenters. The Morgan fingerprint density at radius 1 is 1.09 bits per heavy atom. The molecule has 0 atom stereocenters. The Bertz CT molecular complexity index is 887. The van der Waals surface area contributed by atoms with Crippen LogP contribution in [0.1, 0.15) is 5.76 Å². The average Bonchev–Trinajstić information content (AvgIpc) is 2.49. The van der Waals surface area contributed by atoms with Crippen LogP contribution in [-0.4, -0.2) is 5.91 Å². The van der Waals surface area contributed by atoms with Gasteiger partial charge in [0.25, 0.3) is 0 Å². The van der Waals surface area contributed by atoms with Gasteiger partial charge in [-0.2, -0.15) is 0 Å². The fourth-order valence-corrected chi connectivity index (χ4v) is 2.51. The van der Waals surface area contributed by atoms with E-state index in [1.165, 1.54) is 6.07 Å². The van der Waals surface area contributed by atoms with Crippen molar-refractivity contribution in [1.29, 1.82) is 0 Å². The molecule has 3 rings (SSSR count). The van der Waals surface area contributed by atoms with Crippen molar-refractivity contribution in [3.05, 3.63) is 75.1 Å². The van der Waals surface area contributed by atoms with Crippen molar-refractivity contribution >= 4 is 38.5 Å². The van der Waals surface area contributed by atoms with Crippen LogP contribution in [0.2, 0.25) is 0 Å². The highest BCUT2D eigenvalue weighted by atomic mass is 79.9. The summed E-state index contributed by atoms with van der Waals surface area (Å²) in [4.78, 5) is 24.1. The molecule has 1 heterocycles. The molecule has 1 aromatic heterocycles. The molecule has 3 aromatic rings. The molecule has 0 fully saturated rings. The summed E-state index contributed by atoms with van der Waals surface area (Å²) in [6.45, 7) is 0. The van der Waals surface area contributed by atoms with Gasteiger partial charge in [-0.15, -0.1) is 0 Å². The summed E-state index contributed by atoms with van der Waals surface area (Å²) < 4.78 is 6.43. The van der Waals surface area contributed by atoms with Crippen LogP contribution in [0.5, 0.6) is 0 Å². The number of carbonyl (C=O) groups is 1. The molecule has 0 saturated carbocycles. The first-order valence-corrected chi connectivity index (χ1v) is 7.48. The fourth-order valence-electron chi connectivity index (χ4n) is 2.15. The average molecular weight is 358 g/mol. The predicted molar refractivity (Wildman–Crippen MR) is 89.0 cm³/mol. The van der Waals surface area contributed by atoms with E-state index in [4.69, 9.17) is 4.42 Å². The molecule has 1 N–H and O–H groups in total. The zero-order chi connectivity index (χ0) is 15.5. The summed E-state index contributed by atoms with van der Waals surface area (Å²) in [6.07, 6.45) is 0.0101. The molecule has 5 heteroatoms. The van der Waals surface area contributed by atoms with Gasteiger partial charge in [0.15, 0.2) is 5.43 Å². The number of anilines is 1. The monoisotopic (exact) mass is 357 g/mol. The Kier molecular flexibility index (Phi) is 4.06. The Hall–Kier alpha value is -2.40. The molecule has 1 amide bonds. The van der Waals surface area contributed by atoms with Gasteiger partial charge in [-0.25, -0.2) is 0 Å². The van der Waals surface area contributed by atoms with E-state index in [1.807, 2.05) is 18.2 Å². The highest BCUT2D eigenvalue weighted by Crippen LogP contribution is 2.18. The molecule has 2 aromatic carbocycles. The minimum absolute atomic E-state index is 0.0101. The normalized spacial score (nSPS) is 10.6. The molecule has 0 bridgehead atoms. The number of para-hydroxylation sites is 1. The maximum Gasteiger partial charge on any atom is 0.231 e. The van der Waals surface area contributed by atoms with E-state index >= 15 is 0 Å². The van der Waals surface area contributed by atoms with Gasteiger partial charge in [0.2, 0.25) is 5.91 Å². The summed E-state index contributed by atoms with van der Waals surface area (Å²) in [7, 11) is 0. The van der Waals surface area contributed by atoms with Crippen LogP contribution in [0.3, 0.4) is 0 Å². The van der Waals surface area contributed by atoms with Crippen molar-refractivity contribution < 1.29 is 9.21 Å². The van der Waals surface area contributed by atoms with Crippen LogP contribution in [0.15, 0.2) is 68.3 Å². The molecule has 4 nitrogen and oxygen atoms in total. The van der Waals surface area contributed by atoms with E-state index in [0.29, 0.717) is 22.4 Å². The molecular formula is C17H12BrNO3. The first-order valence-electron chi connectivity index (χ1n) is 6.69. The van der Waals surface area contributed by atoms with E-state index in [1.54, 1.807) is 30.3 Å². The second-order valence-electron chi connectivity index (χ2n) is 4.81. The number of amides is 1. The van der Waals surface area contributed by atoms with Crippen LogP contribution in [0.25, 0.3) is 11.0 Å². The van der Waals surface area contributed by atoms with Crippen molar-refractivity contribution in [2.24, 2.45) is 0 Å². The molecule has 110 valence electrons. The minimum atomic E-state index is -0.231. The molecule has 0 aliphatic carbocycles. The highest BCUT2D eigenvalue weighted by molar-refractivity contribution is 9.10. The van der Waals surface area contributed by atoms with Crippen LogP contribution >= 0.6 is 15.9 Å². The van der Waals surface area contributed by atoms with E-state index in [9.17, 15) is 9.59 Å². The third-order valence-electron chi connectivity index (χ3n) is 3.13. The lowest BCUT2D eigenvalue weighted by molar-refractivity contribution is -0.115. The van der Waals surface area contributed by atoms with Crippen LogP contribution < -0.4 is 10.7 Å². The number of carbonyl (C=O) groups excluding carboxylic acids is 1. The second-order valence-corrected chi connectivity index (χ2v) is 5.72. The zero-order valence-corrected chi connectivity index (χ0v) is 13.1. The number of halogens is 1. The quantitative estimate of drug-likeness (QED) is 0.776. The van der Waals surface area contributed by atoms with Gasteiger partial charge in [-0.05, 0) is 30.3 Å². The Morgan fingerprint density at radius 2 is 1.86 bits per heavy atom. The minimum Gasteiger partial charge on any atom is -0.460 e. The smallest absolute Gasteiger partial charge is 0.231 e. The molecule has 0 spiro atoms. The SMILES string of the molecule is O=C(Cc1cc(=O)c2cc(Br)ccc2o1)Nc1ccccc1. The summed E-state index contributed by atoms with van der Waals surface area (Å²) in [5.41, 5.74) is 1.02. The van der Waals surface area contributed by atoms with Gasteiger partial charge < -0.3 is 9.73 Å². The molecule has 0 aliphatic heterocycles. The Labute approximate surface area is 134 Å². The first-order chi connectivity index (χ1) is 10.6. The molecule has 22 heavy (non-hydrogen) atoms. The largest absolute Gasteiger partial charge is 0.460 e. The maximum absolute atomic E-state index is 12.1. The number of benzene rings is 2. The lowest BCUT2D eigenvalue weighted by Crippen LogP contribution is -2.15. The fraction of sp³-hybridized carbons (Fsp3) is 0.0588. The topological polar surface area (TPSA) is 59.3 Å². The van der Waals surface area contributed by atoms with Gasteiger partial charge in [0.1, 0.15) is 11.3 Å². The van der Waals surface area contributed by atoms with Gasteiger partial charge >= 0.3 is 0 Å². The van der Waals surface area contributed by atoms with Crippen molar-refractivity contribution in [3.8, 4) is 0 Å². The lowest BCUT2D eigenvalue weighted by Gasteiger charge is -2.05. The zero-order valence-electron chi connectivity index (χ0n) is 11.5. The van der Waals surface area contributed by atoms with Crippen molar-refractivity contribution in [2.45, 2.75) is 6.42 Å². The molecular weight excluding hydrogens is 346 g/mol. The number of hydrogen-bond acceptors (Lipinski definition) is 3. The van der Waals surface area contributed by atoms with Crippen molar-refractivity contribution in [2.75, 3.05) is 5.32 Å². The highest BCUT2D eigenvalue weighted by Gasteiger charge is 2.10. The van der Waals surface area contributed by atoms with Crippen molar-refractivity contribution in [3.63, 3.8) is 0 Å². The van der Waals surface area contributed by atoms with Crippen molar-refractivity contribution in [1.82, 2.24) is 0 Å². The Balaban J connectivity index is 1.83. The summed E-state index contributed by atoms with van der Waals surface area (Å²) in [5.74, 6) is 0.110. The summed E-state index contributed by atoms with van der Waals surface area (Å²) in [6, 6.07) is 15.7. The van der Waals surface area contributed by atoms with Crippen LogP contribution in [0, 0.1) is 0 Å². The molecule has 0 saturated heterocycles. The van der Waals surface area contributed by atoms with E-state index in [2.05, 4.69) is 21.2 Å². The number of fused-ring (bicyclic) bond motifs is 1. The third kappa shape index (κ3) is 3.26. The number of nitrogens with one attached hydrogen (secondary N) is 1. The number of rotatable bonds is 3. The van der Waals surface area contributed by atoms with Gasteiger partial charge in [-0.1, -0.05) is 34.1 Å². The summed E-state index contributed by atoms with van der Waals surface area (Å²) >= 11 is 3.32. The molecule has 0 radical (unpaired) electrons. The van der Waals surface area contributed by atoms with Crippen LogP contribution in [-0.2, 0) is 11.2 Å². The standard InChI is InChI=1S/C17H12BrNO3/c18-11-6-7-16-14(8-11)15(20)9-13(22-16)10-17(21)19-12-4-2-1-3-5-12/h1-9H,10H2,(H,19,21). The maximum atomic E-state index is 12.1. The first kappa shape index (κ1) is 14.5. The number of hydrogen-bond donors (Lipinski definition) is 1. The van der Waals surface area contributed by atoms with Gasteiger partial charge in [-0.3, -0.25) is 9.59 Å². The van der Waals surface area contributed by atoms with E-state index in [-0.39, 0.29) is 17.8 Å². The van der Waals surface area contributed by atoms with E-state index < -0.39 is 0 Å². The van der Waals surface area contributed by atoms with E-state index in [0.717, 1.165) is 4.47 Å². The predicted octanol–water partition coefficient (Wildman–Crippen LogP) is 3.74. The Morgan fingerprint density at radius 3 is 2.64 bits per heavy atom. The third-order valence-corrected chi connectivity index (χ3v) is 3.63. The second kappa shape index (κ2) is 6.15. The summed E-state index contributed by atoms with van der Waals surface area (Å²) in [5, 5.41) is 3.25. The lowest BCUT2D eigenvalue weighted by atomic mass is 10.2. The molecule has 0 aliphatic rings. The van der Waals surface area contributed by atoms with Gasteiger partial charge in [0.05, 0.1) is 11.8 Å². The van der Waals surface area contributed by atoms with Crippen LogP contribution in [0.4, 0.5) is 5.69 Å². The van der Waals surface area contributed by atoms with Gasteiger partial charge in [0, 0.05) is 16.2 Å².